The minimum atomic E-state index is -0.237. The lowest BCUT2D eigenvalue weighted by molar-refractivity contribution is -0.162. The van der Waals surface area contributed by atoms with Gasteiger partial charge in [-0.1, -0.05) is 0 Å². The Hall–Kier alpha value is -1.55. The average molecular weight is 181 g/mol. The highest BCUT2D eigenvalue weighted by atomic mass is 16.7. The van der Waals surface area contributed by atoms with Gasteiger partial charge in [0, 0.05) is 13.1 Å². The Morgan fingerprint density at radius 1 is 1.69 bits per heavy atom. The third-order valence-corrected chi connectivity index (χ3v) is 1.52. The summed E-state index contributed by atoms with van der Waals surface area (Å²) in [4.78, 5) is 15.8. The molecule has 0 aromatic carbocycles. The van der Waals surface area contributed by atoms with Crippen LogP contribution in [-0.2, 0) is 9.63 Å². The lowest BCUT2D eigenvalue weighted by atomic mass is 10.4. The third-order valence-electron chi connectivity index (χ3n) is 1.52. The molecule has 0 N–H and O–H groups in total. The molecular weight excluding hydrogens is 170 g/mol. The van der Waals surface area contributed by atoms with Gasteiger partial charge in [0.25, 0.3) is 5.91 Å². The van der Waals surface area contributed by atoms with Crippen LogP contribution < -0.4 is 0 Å². The number of carbonyl (C=O) groups excluding carboxylic acids is 1. The minimum Gasteiger partial charge on any atom is -0.465 e. The largest absolute Gasteiger partial charge is 0.465 e. The van der Waals surface area contributed by atoms with Crippen molar-refractivity contribution in [1.29, 1.82) is 0 Å². The second-order valence-electron chi connectivity index (χ2n) is 2.37. The molecule has 70 valence electrons. The third kappa shape index (κ3) is 2.76. The standard InChI is InChI=1S/C9H11NO3/c1-10(12-2)9(11)6-5-8-4-3-7-13-8/h3-7H,1-2H3/b6-5-. The molecule has 4 nitrogen and oxygen atoms in total. The molecule has 0 fully saturated rings. The fourth-order valence-electron chi connectivity index (χ4n) is 0.734. The zero-order chi connectivity index (χ0) is 9.68. The average Bonchev–Trinajstić information content (AvgIpc) is 2.65. The van der Waals surface area contributed by atoms with Crippen LogP contribution in [0.2, 0.25) is 0 Å². The van der Waals surface area contributed by atoms with Crippen molar-refractivity contribution < 1.29 is 14.0 Å². The van der Waals surface area contributed by atoms with Crippen LogP contribution in [0.3, 0.4) is 0 Å². The predicted octanol–water partition coefficient (Wildman–Crippen LogP) is 1.31. The van der Waals surface area contributed by atoms with Crippen LogP contribution in [0.25, 0.3) is 6.08 Å². The smallest absolute Gasteiger partial charge is 0.269 e. The maximum atomic E-state index is 11.1. The van der Waals surface area contributed by atoms with E-state index in [1.165, 1.54) is 20.2 Å². The zero-order valence-electron chi connectivity index (χ0n) is 7.56. The molecule has 0 aliphatic heterocycles. The van der Waals surface area contributed by atoms with E-state index in [0.717, 1.165) is 5.06 Å². The van der Waals surface area contributed by atoms with Crippen LogP contribution in [0.5, 0.6) is 0 Å². The van der Waals surface area contributed by atoms with Gasteiger partial charge in [0.2, 0.25) is 0 Å². The summed E-state index contributed by atoms with van der Waals surface area (Å²) >= 11 is 0. The molecule has 1 aromatic rings. The van der Waals surface area contributed by atoms with E-state index in [9.17, 15) is 4.79 Å². The molecule has 1 amide bonds. The molecular formula is C9H11NO3. The molecule has 13 heavy (non-hydrogen) atoms. The molecule has 0 atom stereocenters. The van der Waals surface area contributed by atoms with Gasteiger partial charge in [-0.2, -0.15) is 0 Å². The van der Waals surface area contributed by atoms with E-state index >= 15 is 0 Å². The van der Waals surface area contributed by atoms with E-state index in [4.69, 9.17) is 4.42 Å². The number of furan rings is 1. The molecule has 0 aliphatic carbocycles. The van der Waals surface area contributed by atoms with Crippen LogP contribution in [0, 0.1) is 0 Å². The summed E-state index contributed by atoms with van der Waals surface area (Å²) in [5.41, 5.74) is 0. The molecule has 4 heteroatoms. The highest BCUT2D eigenvalue weighted by Gasteiger charge is 2.01. The maximum Gasteiger partial charge on any atom is 0.269 e. The normalized spacial score (nSPS) is 10.6. The van der Waals surface area contributed by atoms with Crippen molar-refractivity contribution >= 4 is 12.0 Å². The van der Waals surface area contributed by atoms with Gasteiger partial charge in [-0.3, -0.25) is 9.63 Å². The molecule has 0 saturated heterocycles. The van der Waals surface area contributed by atoms with Crippen molar-refractivity contribution in [1.82, 2.24) is 5.06 Å². The highest BCUT2D eigenvalue weighted by Crippen LogP contribution is 2.02. The van der Waals surface area contributed by atoms with E-state index in [1.54, 1.807) is 24.5 Å². The maximum absolute atomic E-state index is 11.1. The first-order valence-electron chi connectivity index (χ1n) is 3.77. The Labute approximate surface area is 76.3 Å². The number of hydrogen-bond acceptors (Lipinski definition) is 3. The second-order valence-corrected chi connectivity index (χ2v) is 2.37. The van der Waals surface area contributed by atoms with Crippen molar-refractivity contribution in [3.05, 3.63) is 30.2 Å². The first-order chi connectivity index (χ1) is 6.24. The Balaban J connectivity index is 2.54. The van der Waals surface area contributed by atoms with E-state index in [-0.39, 0.29) is 5.91 Å². The van der Waals surface area contributed by atoms with Crippen molar-refractivity contribution in [2.45, 2.75) is 0 Å². The minimum absolute atomic E-state index is 0.237. The van der Waals surface area contributed by atoms with E-state index in [0.29, 0.717) is 5.76 Å². The summed E-state index contributed by atoms with van der Waals surface area (Å²) in [6.07, 6.45) is 4.50. The number of carbonyl (C=O) groups is 1. The number of likely N-dealkylation sites (N-methyl/N-ethyl adjacent to an activating group) is 1. The summed E-state index contributed by atoms with van der Waals surface area (Å²) in [6.45, 7) is 0. The van der Waals surface area contributed by atoms with Gasteiger partial charge in [0.15, 0.2) is 0 Å². The van der Waals surface area contributed by atoms with Crippen LogP contribution in [0.1, 0.15) is 5.76 Å². The first kappa shape index (κ1) is 9.54. The zero-order valence-corrected chi connectivity index (χ0v) is 7.56. The lowest BCUT2D eigenvalue weighted by Crippen LogP contribution is -2.22. The number of nitrogens with zero attached hydrogens (tertiary/aromatic N) is 1. The Bertz CT molecular complexity index is 290. The SMILES string of the molecule is CON(C)C(=O)/C=C\c1ccco1. The second kappa shape index (κ2) is 4.47. The van der Waals surface area contributed by atoms with Crippen molar-refractivity contribution in [2.75, 3.05) is 14.2 Å². The van der Waals surface area contributed by atoms with Gasteiger partial charge >= 0.3 is 0 Å². The summed E-state index contributed by atoms with van der Waals surface area (Å²) < 4.78 is 5.00. The number of rotatable bonds is 3. The first-order valence-corrected chi connectivity index (χ1v) is 3.77. The van der Waals surface area contributed by atoms with E-state index in [1.807, 2.05) is 0 Å². The van der Waals surface area contributed by atoms with Gasteiger partial charge in [-0.25, -0.2) is 5.06 Å². The Kier molecular flexibility index (Phi) is 3.28. The fraction of sp³-hybridized carbons (Fsp3) is 0.222. The van der Waals surface area contributed by atoms with Gasteiger partial charge in [-0.05, 0) is 18.2 Å². The number of hydroxylamine groups is 2. The molecule has 0 aliphatic rings. The van der Waals surface area contributed by atoms with E-state index < -0.39 is 0 Å². The summed E-state index contributed by atoms with van der Waals surface area (Å²) in [5.74, 6) is 0.400. The summed E-state index contributed by atoms with van der Waals surface area (Å²) in [6, 6.07) is 3.51. The fourth-order valence-corrected chi connectivity index (χ4v) is 0.734. The monoisotopic (exact) mass is 181 g/mol. The molecule has 1 rings (SSSR count). The van der Waals surface area contributed by atoms with Gasteiger partial charge in [-0.15, -0.1) is 0 Å². The molecule has 0 saturated carbocycles. The lowest BCUT2D eigenvalue weighted by Gasteiger charge is -2.09. The predicted molar refractivity (Wildman–Crippen MR) is 47.5 cm³/mol. The van der Waals surface area contributed by atoms with Crippen molar-refractivity contribution in [3.63, 3.8) is 0 Å². The van der Waals surface area contributed by atoms with Gasteiger partial charge < -0.3 is 4.42 Å². The van der Waals surface area contributed by atoms with Crippen LogP contribution in [0.15, 0.2) is 28.9 Å². The van der Waals surface area contributed by atoms with E-state index in [2.05, 4.69) is 4.84 Å². The molecule has 1 heterocycles. The molecule has 0 radical (unpaired) electrons. The van der Waals surface area contributed by atoms with Crippen molar-refractivity contribution in [3.8, 4) is 0 Å². The Morgan fingerprint density at radius 3 is 3.00 bits per heavy atom. The van der Waals surface area contributed by atoms with Crippen LogP contribution in [-0.4, -0.2) is 25.1 Å². The number of amides is 1. The van der Waals surface area contributed by atoms with Crippen molar-refractivity contribution in [2.24, 2.45) is 0 Å². The molecule has 0 bridgehead atoms. The highest BCUT2D eigenvalue weighted by molar-refractivity contribution is 5.90. The van der Waals surface area contributed by atoms with Crippen LogP contribution >= 0.6 is 0 Å². The van der Waals surface area contributed by atoms with Gasteiger partial charge in [0.1, 0.15) is 5.76 Å². The molecule has 1 aromatic heterocycles. The molecule has 0 spiro atoms. The summed E-state index contributed by atoms with van der Waals surface area (Å²) in [5, 5.41) is 1.12. The topological polar surface area (TPSA) is 42.7 Å². The van der Waals surface area contributed by atoms with Gasteiger partial charge in [0.05, 0.1) is 13.4 Å². The Morgan fingerprint density at radius 2 is 2.46 bits per heavy atom. The van der Waals surface area contributed by atoms with Crippen LogP contribution in [0.4, 0.5) is 0 Å². The molecule has 0 unspecified atom stereocenters. The number of hydrogen-bond donors (Lipinski definition) is 0. The quantitative estimate of drug-likeness (QED) is 0.521. The summed E-state index contributed by atoms with van der Waals surface area (Å²) in [7, 11) is 2.97.